The zero-order valence-electron chi connectivity index (χ0n) is 10.7. The van der Waals surface area contributed by atoms with Gasteiger partial charge in [0.05, 0.1) is 6.61 Å². The van der Waals surface area contributed by atoms with Crippen LogP contribution in [0.4, 0.5) is 0 Å². The summed E-state index contributed by atoms with van der Waals surface area (Å²) >= 11 is 0. The summed E-state index contributed by atoms with van der Waals surface area (Å²) in [7, 11) is 0. The van der Waals surface area contributed by atoms with Gasteiger partial charge in [0, 0.05) is 18.5 Å². The fourth-order valence-corrected chi connectivity index (χ4v) is 1.90. The molecule has 0 aliphatic rings. The Morgan fingerprint density at radius 2 is 2.00 bits per heavy atom. The number of carboxylic acids is 1. The maximum Gasteiger partial charge on any atom is 0.303 e. The smallest absolute Gasteiger partial charge is 0.303 e. The van der Waals surface area contributed by atoms with Gasteiger partial charge in [0.25, 0.3) is 0 Å². The number of aliphatic hydroxyl groups excluding tert-OH is 1. The fraction of sp³-hybridized carbons (Fsp3) is 0.500. The van der Waals surface area contributed by atoms with E-state index in [1.165, 1.54) is 0 Å². The van der Waals surface area contributed by atoms with E-state index >= 15 is 0 Å². The molecule has 1 aromatic rings. The van der Waals surface area contributed by atoms with Crippen LogP contribution in [-0.2, 0) is 11.2 Å². The first-order valence-corrected chi connectivity index (χ1v) is 6.24. The van der Waals surface area contributed by atoms with E-state index in [-0.39, 0.29) is 25.1 Å². The van der Waals surface area contributed by atoms with Crippen LogP contribution >= 0.6 is 0 Å². The summed E-state index contributed by atoms with van der Waals surface area (Å²) in [5.41, 5.74) is 1.16. The molecule has 1 rings (SSSR count). The van der Waals surface area contributed by atoms with Gasteiger partial charge in [-0.25, -0.2) is 0 Å². The number of aliphatic carboxylic acids is 1. The highest BCUT2D eigenvalue weighted by Crippen LogP contribution is 2.05. The van der Waals surface area contributed by atoms with E-state index in [1.54, 1.807) is 0 Å². The lowest BCUT2D eigenvalue weighted by atomic mass is 10.0. The Morgan fingerprint density at radius 3 is 2.56 bits per heavy atom. The number of hydrogen-bond acceptors (Lipinski definition) is 3. The Labute approximate surface area is 108 Å². The van der Waals surface area contributed by atoms with E-state index in [0.29, 0.717) is 6.42 Å². The molecular formula is C14H21NO3. The van der Waals surface area contributed by atoms with Crippen molar-refractivity contribution < 1.29 is 15.0 Å². The molecule has 0 aliphatic carbocycles. The SMILES string of the molecule is CC(CCC(=O)O)N[C@H](CO)Cc1ccccc1. The lowest BCUT2D eigenvalue weighted by Crippen LogP contribution is -2.40. The Bertz CT molecular complexity index is 353. The predicted octanol–water partition coefficient (Wildman–Crippen LogP) is 1.43. The van der Waals surface area contributed by atoms with Gasteiger partial charge in [-0.3, -0.25) is 4.79 Å². The van der Waals surface area contributed by atoms with Crippen LogP contribution in [0.2, 0.25) is 0 Å². The molecule has 1 aromatic carbocycles. The van der Waals surface area contributed by atoms with Crippen LogP contribution < -0.4 is 5.32 Å². The molecule has 1 unspecified atom stereocenters. The van der Waals surface area contributed by atoms with Crippen LogP contribution in [0, 0.1) is 0 Å². The molecule has 0 amide bonds. The summed E-state index contributed by atoms with van der Waals surface area (Å²) < 4.78 is 0. The van der Waals surface area contributed by atoms with Gasteiger partial charge in [-0.15, -0.1) is 0 Å². The number of carbonyl (C=O) groups is 1. The molecule has 0 heterocycles. The topological polar surface area (TPSA) is 69.6 Å². The van der Waals surface area contributed by atoms with Crippen molar-refractivity contribution in [3.05, 3.63) is 35.9 Å². The molecule has 2 atom stereocenters. The predicted molar refractivity (Wildman–Crippen MR) is 70.5 cm³/mol. The number of aliphatic hydroxyl groups is 1. The average molecular weight is 251 g/mol. The number of nitrogens with one attached hydrogen (secondary N) is 1. The number of hydrogen-bond donors (Lipinski definition) is 3. The van der Waals surface area contributed by atoms with E-state index in [2.05, 4.69) is 5.32 Å². The first-order chi connectivity index (χ1) is 8.61. The summed E-state index contributed by atoms with van der Waals surface area (Å²) in [6.07, 6.45) is 1.47. The van der Waals surface area contributed by atoms with Crippen molar-refractivity contribution in [2.45, 2.75) is 38.3 Å². The van der Waals surface area contributed by atoms with E-state index in [9.17, 15) is 9.90 Å². The molecule has 0 aliphatic heterocycles. The second-order valence-electron chi connectivity index (χ2n) is 4.57. The standard InChI is InChI=1S/C14H21NO3/c1-11(7-8-14(17)18)15-13(10-16)9-12-5-3-2-4-6-12/h2-6,11,13,15-16H,7-10H2,1H3,(H,17,18)/t11?,13-/m0/s1. The summed E-state index contributed by atoms with van der Waals surface area (Å²) in [6.45, 7) is 1.99. The van der Waals surface area contributed by atoms with Gasteiger partial charge in [-0.2, -0.15) is 0 Å². The molecule has 0 fully saturated rings. The lowest BCUT2D eigenvalue weighted by Gasteiger charge is -2.21. The number of carboxylic acid groups (broad SMARTS) is 1. The number of benzene rings is 1. The first-order valence-electron chi connectivity index (χ1n) is 6.24. The van der Waals surface area contributed by atoms with Crippen molar-refractivity contribution in [3.8, 4) is 0 Å². The van der Waals surface area contributed by atoms with Gasteiger partial charge in [0.1, 0.15) is 0 Å². The van der Waals surface area contributed by atoms with Gasteiger partial charge >= 0.3 is 5.97 Å². The molecule has 100 valence electrons. The zero-order valence-corrected chi connectivity index (χ0v) is 10.7. The summed E-state index contributed by atoms with van der Waals surface area (Å²) in [6, 6.07) is 9.99. The molecule has 0 spiro atoms. The highest BCUT2D eigenvalue weighted by atomic mass is 16.4. The quantitative estimate of drug-likeness (QED) is 0.654. The van der Waals surface area contributed by atoms with Crippen molar-refractivity contribution in [1.29, 1.82) is 0 Å². The van der Waals surface area contributed by atoms with E-state index in [0.717, 1.165) is 12.0 Å². The minimum atomic E-state index is -0.785. The van der Waals surface area contributed by atoms with E-state index in [1.807, 2.05) is 37.3 Å². The molecular weight excluding hydrogens is 230 g/mol. The number of rotatable bonds is 8. The molecule has 0 aromatic heterocycles. The minimum absolute atomic E-state index is 0.0313. The Kier molecular flexibility index (Phi) is 6.39. The van der Waals surface area contributed by atoms with Gasteiger partial charge < -0.3 is 15.5 Å². The second kappa shape index (κ2) is 7.84. The highest BCUT2D eigenvalue weighted by Gasteiger charge is 2.12. The highest BCUT2D eigenvalue weighted by molar-refractivity contribution is 5.66. The molecule has 3 N–H and O–H groups in total. The summed E-state index contributed by atoms with van der Waals surface area (Å²) in [5, 5.41) is 21.2. The molecule has 0 saturated carbocycles. The minimum Gasteiger partial charge on any atom is -0.481 e. The molecule has 0 bridgehead atoms. The van der Waals surface area contributed by atoms with Crippen LogP contribution in [-0.4, -0.2) is 34.9 Å². The third kappa shape index (κ3) is 5.80. The van der Waals surface area contributed by atoms with E-state index < -0.39 is 5.97 Å². The third-order valence-electron chi connectivity index (χ3n) is 2.86. The Hall–Kier alpha value is -1.39. The second-order valence-corrected chi connectivity index (χ2v) is 4.57. The fourth-order valence-electron chi connectivity index (χ4n) is 1.90. The average Bonchev–Trinajstić information content (AvgIpc) is 2.37. The first kappa shape index (κ1) is 14.7. The van der Waals surface area contributed by atoms with Crippen LogP contribution in [0.5, 0.6) is 0 Å². The van der Waals surface area contributed by atoms with Crippen LogP contribution in [0.25, 0.3) is 0 Å². The molecule has 0 radical (unpaired) electrons. The maximum atomic E-state index is 10.5. The van der Waals surface area contributed by atoms with Crippen LogP contribution in [0.1, 0.15) is 25.3 Å². The van der Waals surface area contributed by atoms with E-state index in [4.69, 9.17) is 5.11 Å². The van der Waals surface area contributed by atoms with Crippen molar-refractivity contribution in [2.24, 2.45) is 0 Å². The van der Waals surface area contributed by atoms with Gasteiger partial charge in [-0.1, -0.05) is 30.3 Å². The normalized spacial score (nSPS) is 14.1. The monoisotopic (exact) mass is 251 g/mol. The van der Waals surface area contributed by atoms with Gasteiger partial charge in [0.2, 0.25) is 0 Å². The van der Waals surface area contributed by atoms with Crippen LogP contribution in [0.15, 0.2) is 30.3 Å². The van der Waals surface area contributed by atoms with Crippen molar-refractivity contribution in [1.82, 2.24) is 5.32 Å². The molecule has 18 heavy (non-hydrogen) atoms. The van der Waals surface area contributed by atoms with Crippen molar-refractivity contribution >= 4 is 5.97 Å². The molecule has 4 nitrogen and oxygen atoms in total. The Balaban J connectivity index is 2.39. The summed E-state index contributed by atoms with van der Waals surface area (Å²) in [5.74, 6) is -0.785. The zero-order chi connectivity index (χ0) is 13.4. The van der Waals surface area contributed by atoms with Crippen molar-refractivity contribution in [3.63, 3.8) is 0 Å². The molecule has 0 saturated heterocycles. The largest absolute Gasteiger partial charge is 0.481 e. The van der Waals surface area contributed by atoms with Gasteiger partial charge in [0.15, 0.2) is 0 Å². The maximum absolute atomic E-state index is 10.5. The lowest BCUT2D eigenvalue weighted by molar-refractivity contribution is -0.137. The van der Waals surface area contributed by atoms with Crippen molar-refractivity contribution in [2.75, 3.05) is 6.61 Å². The van der Waals surface area contributed by atoms with Gasteiger partial charge in [-0.05, 0) is 25.3 Å². The van der Waals surface area contributed by atoms with Crippen LogP contribution in [0.3, 0.4) is 0 Å². The third-order valence-corrected chi connectivity index (χ3v) is 2.86. The Morgan fingerprint density at radius 1 is 1.33 bits per heavy atom. The molecule has 4 heteroatoms. The summed E-state index contributed by atoms with van der Waals surface area (Å²) in [4.78, 5) is 10.5.